The Labute approximate surface area is 68.0 Å². The van der Waals surface area contributed by atoms with Gasteiger partial charge >= 0.3 is 5.97 Å². The fraction of sp³-hybridized carbons (Fsp3) is 0.875. The van der Waals surface area contributed by atoms with Crippen molar-refractivity contribution in [2.75, 3.05) is 6.61 Å². The molecule has 2 N–H and O–H groups in total. The SMILES string of the molecule is CC.O=C(O)CCCCCO. The van der Waals surface area contributed by atoms with Crippen LogP contribution in [0.2, 0.25) is 0 Å². The lowest BCUT2D eigenvalue weighted by molar-refractivity contribution is -0.137. The Kier molecular flexibility index (Phi) is 14.4. The predicted octanol–water partition coefficient (Wildman–Crippen LogP) is 1.65. The maximum atomic E-state index is 9.90. The van der Waals surface area contributed by atoms with Crippen LogP contribution in [0.3, 0.4) is 0 Å². The number of hydrogen-bond acceptors (Lipinski definition) is 2. The Morgan fingerprint density at radius 3 is 2.09 bits per heavy atom. The molecule has 68 valence electrons. The van der Waals surface area contributed by atoms with Crippen molar-refractivity contribution in [2.24, 2.45) is 0 Å². The van der Waals surface area contributed by atoms with E-state index in [0.29, 0.717) is 12.8 Å². The maximum Gasteiger partial charge on any atom is 0.303 e. The molecule has 0 unspecified atom stereocenters. The van der Waals surface area contributed by atoms with E-state index in [1.54, 1.807) is 0 Å². The van der Waals surface area contributed by atoms with E-state index in [4.69, 9.17) is 10.2 Å². The van der Waals surface area contributed by atoms with Crippen molar-refractivity contribution in [2.45, 2.75) is 39.5 Å². The molecule has 0 saturated carbocycles. The summed E-state index contributed by atoms with van der Waals surface area (Å²) < 4.78 is 0. The molecule has 0 heterocycles. The first-order valence-electron chi connectivity index (χ1n) is 4.10. The van der Waals surface area contributed by atoms with Gasteiger partial charge in [0, 0.05) is 13.0 Å². The van der Waals surface area contributed by atoms with Crippen LogP contribution in [0.5, 0.6) is 0 Å². The number of hydrogen-bond donors (Lipinski definition) is 2. The highest BCUT2D eigenvalue weighted by Gasteiger charge is 1.94. The average Bonchev–Trinajstić information content (AvgIpc) is 2.02. The summed E-state index contributed by atoms with van der Waals surface area (Å²) in [6.07, 6.45) is 2.42. The van der Waals surface area contributed by atoms with E-state index in [-0.39, 0.29) is 13.0 Å². The van der Waals surface area contributed by atoms with Crippen LogP contribution >= 0.6 is 0 Å². The van der Waals surface area contributed by atoms with Crippen LogP contribution in [0.15, 0.2) is 0 Å². The highest BCUT2D eigenvalue weighted by molar-refractivity contribution is 5.66. The summed E-state index contributed by atoms with van der Waals surface area (Å²) in [5.74, 6) is -0.757. The van der Waals surface area contributed by atoms with Gasteiger partial charge in [0.25, 0.3) is 0 Å². The summed E-state index contributed by atoms with van der Waals surface area (Å²) in [6.45, 7) is 4.17. The smallest absolute Gasteiger partial charge is 0.303 e. The Morgan fingerprint density at radius 1 is 1.18 bits per heavy atom. The van der Waals surface area contributed by atoms with Gasteiger partial charge in [-0.2, -0.15) is 0 Å². The molecule has 0 radical (unpaired) electrons. The molecule has 0 aromatic heterocycles. The monoisotopic (exact) mass is 162 g/mol. The zero-order chi connectivity index (χ0) is 9.11. The molecule has 0 aliphatic heterocycles. The molecule has 3 nitrogen and oxygen atoms in total. The van der Waals surface area contributed by atoms with Gasteiger partial charge in [0.1, 0.15) is 0 Å². The molecule has 0 aromatic carbocycles. The lowest BCUT2D eigenvalue weighted by Crippen LogP contribution is -1.94. The number of carboxylic acid groups (broad SMARTS) is 1. The summed E-state index contributed by atoms with van der Waals surface area (Å²) in [5, 5.41) is 16.4. The zero-order valence-corrected chi connectivity index (χ0v) is 7.34. The van der Waals surface area contributed by atoms with Crippen molar-refractivity contribution >= 4 is 5.97 Å². The predicted molar refractivity (Wildman–Crippen MR) is 44.5 cm³/mol. The molecule has 0 saturated heterocycles. The van der Waals surface area contributed by atoms with Gasteiger partial charge in [-0.15, -0.1) is 0 Å². The second-order valence-corrected chi connectivity index (χ2v) is 1.93. The molecule has 3 heteroatoms. The Morgan fingerprint density at radius 2 is 1.73 bits per heavy atom. The summed E-state index contributed by atoms with van der Waals surface area (Å²) in [5.41, 5.74) is 0. The van der Waals surface area contributed by atoms with Crippen LogP contribution in [0, 0.1) is 0 Å². The van der Waals surface area contributed by atoms with Gasteiger partial charge in [0.2, 0.25) is 0 Å². The largest absolute Gasteiger partial charge is 0.481 e. The van der Waals surface area contributed by atoms with E-state index in [9.17, 15) is 4.79 Å². The van der Waals surface area contributed by atoms with Gasteiger partial charge in [0.15, 0.2) is 0 Å². The number of aliphatic hydroxyl groups is 1. The van der Waals surface area contributed by atoms with Crippen LogP contribution in [0.1, 0.15) is 39.5 Å². The van der Waals surface area contributed by atoms with Crippen LogP contribution in [-0.2, 0) is 4.79 Å². The molecule has 0 atom stereocenters. The molecule has 0 bridgehead atoms. The van der Waals surface area contributed by atoms with Crippen molar-refractivity contribution in [3.8, 4) is 0 Å². The molecule has 0 aliphatic carbocycles. The Balaban J connectivity index is 0. The van der Waals surface area contributed by atoms with Gasteiger partial charge in [-0.3, -0.25) is 4.79 Å². The number of rotatable bonds is 5. The third kappa shape index (κ3) is 17.7. The number of unbranched alkanes of at least 4 members (excludes halogenated alkanes) is 2. The van der Waals surface area contributed by atoms with Crippen LogP contribution < -0.4 is 0 Å². The fourth-order valence-corrected chi connectivity index (χ4v) is 0.565. The number of carboxylic acids is 1. The Hall–Kier alpha value is -0.570. The van der Waals surface area contributed by atoms with Crippen molar-refractivity contribution in [3.63, 3.8) is 0 Å². The van der Waals surface area contributed by atoms with E-state index < -0.39 is 5.97 Å². The van der Waals surface area contributed by atoms with E-state index >= 15 is 0 Å². The molecule has 0 aliphatic rings. The molecule has 0 rings (SSSR count). The summed E-state index contributed by atoms with van der Waals surface area (Å²) in [6, 6.07) is 0. The van der Waals surface area contributed by atoms with Gasteiger partial charge in [0.05, 0.1) is 0 Å². The van der Waals surface area contributed by atoms with Gasteiger partial charge in [-0.05, 0) is 12.8 Å². The van der Waals surface area contributed by atoms with E-state index in [0.717, 1.165) is 6.42 Å². The zero-order valence-electron chi connectivity index (χ0n) is 7.34. The molecule has 0 fully saturated rings. The number of aliphatic carboxylic acids is 1. The van der Waals surface area contributed by atoms with Crippen molar-refractivity contribution in [1.29, 1.82) is 0 Å². The summed E-state index contributed by atoms with van der Waals surface area (Å²) >= 11 is 0. The summed E-state index contributed by atoms with van der Waals surface area (Å²) in [4.78, 5) is 9.90. The first kappa shape index (κ1) is 13.1. The first-order valence-corrected chi connectivity index (χ1v) is 4.10. The third-order valence-electron chi connectivity index (χ3n) is 1.05. The molecular formula is C8H18O3. The van der Waals surface area contributed by atoms with E-state index in [2.05, 4.69) is 0 Å². The lowest BCUT2D eigenvalue weighted by atomic mass is 10.2. The average molecular weight is 162 g/mol. The normalized spacial score (nSPS) is 8.27. The molecule has 0 amide bonds. The lowest BCUT2D eigenvalue weighted by Gasteiger charge is -1.92. The van der Waals surface area contributed by atoms with Crippen molar-refractivity contribution in [3.05, 3.63) is 0 Å². The highest BCUT2D eigenvalue weighted by atomic mass is 16.4. The van der Waals surface area contributed by atoms with Gasteiger partial charge in [-0.1, -0.05) is 20.3 Å². The third-order valence-corrected chi connectivity index (χ3v) is 1.05. The van der Waals surface area contributed by atoms with Crippen molar-refractivity contribution in [1.82, 2.24) is 0 Å². The minimum atomic E-state index is -0.757. The minimum Gasteiger partial charge on any atom is -0.481 e. The standard InChI is InChI=1S/C6H12O3.C2H6/c7-5-3-1-2-4-6(8)9;1-2/h7H,1-5H2,(H,8,9);1-2H3. The molecular weight excluding hydrogens is 144 g/mol. The Bertz CT molecular complexity index is 81.4. The number of carbonyl (C=O) groups is 1. The van der Waals surface area contributed by atoms with Crippen molar-refractivity contribution < 1.29 is 15.0 Å². The van der Waals surface area contributed by atoms with Crippen LogP contribution in [-0.4, -0.2) is 22.8 Å². The van der Waals surface area contributed by atoms with Gasteiger partial charge in [-0.25, -0.2) is 0 Å². The molecule has 0 aromatic rings. The molecule has 11 heavy (non-hydrogen) atoms. The highest BCUT2D eigenvalue weighted by Crippen LogP contribution is 1.97. The number of aliphatic hydroxyl groups excluding tert-OH is 1. The second-order valence-electron chi connectivity index (χ2n) is 1.93. The maximum absolute atomic E-state index is 9.90. The summed E-state index contributed by atoms with van der Waals surface area (Å²) in [7, 11) is 0. The topological polar surface area (TPSA) is 57.5 Å². The van der Waals surface area contributed by atoms with Crippen LogP contribution in [0.25, 0.3) is 0 Å². The fourth-order valence-electron chi connectivity index (χ4n) is 0.565. The minimum absolute atomic E-state index is 0.166. The second kappa shape index (κ2) is 12.1. The first-order chi connectivity index (χ1) is 5.27. The molecule has 0 spiro atoms. The van der Waals surface area contributed by atoms with Gasteiger partial charge < -0.3 is 10.2 Å². The van der Waals surface area contributed by atoms with E-state index in [1.807, 2.05) is 13.8 Å². The van der Waals surface area contributed by atoms with E-state index in [1.165, 1.54) is 0 Å². The van der Waals surface area contributed by atoms with Crippen LogP contribution in [0.4, 0.5) is 0 Å². The quantitative estimate of drug-likeness (QED) is 0.604.